The van der Waals surface area contributed by atoms with Crippen LogP contribution in [0.15, 0.2) is 36.4 Å². The van der Waals surface area contributed by atoms with Crippen LogP contribution in [0.3, 0.4) is 0 Å². The fraction of sp³-hybridized carbons (Fsp3) is 0.520. The maximum atomic E-state index is 2.49. The van der Waals surface area contributed by atoms with E-state index in [2.05, 4.69) is 77.9 Å². The van der Waals surface area contributed by atoms with Gasteiger partial charge in [0, 0.05) is 5.41 Å². The van der Waals surface area contributed by atoms with Crippen LogP contribution in [-0.4, -0.2) is 0 Å². The molecule has 132 valence electrons. The number of fused-ring (bicyclic) bond motifs is 5. The Morgan fingerprint density at radius 1 is 0.760 bits per heavy atom. The van der Waals surface area contributed by atoms with Gasteiger partial charge in [-0.1, -0.05) is 90.8 Å². The topological polar surface area (TPSA) is 0 Å². The molecule has 0 nitrogen and oxygen atoms in total. The van der Waals surface area contributed by atoms with E-state index in [-0.39, 0.29) is 16.2 Å². The van der Waals surface area contributed by atoms with Crippen molar-refractivity contribution in [2.24, 2.45) is 0 Å². The van der Waals surface area contributed by atoms with E-state index in [1.807, 2.05) is 0 Å². The number of rotatable bonds is 0. The first-order valence-corrected chi connectivity index (χ1v) is 9.94. The highest BCUT2D eigenvalue weighted by Crippen LogP contribution is 2.59. The van der Waals surface area contributed by atoms with Crippen LogP contribution in [0, 0.1) is 0 Å². The summed E-state index contributed by atoms with van der Waals surface area (Å²) in [7, 11) is 0. The quantitative estimate of drug-likeness (QED) is 0.481. The Hall–Kier alpha value is -1.56. The Morgan fingerprint density at radius 3 is 2.04 bits per heavy atom. The van der Waals surface area contributed by atoms with Crippen molar-refractivity contribution < 1.29 is 0 Å². The zero-order chi connectivity index (χ0) is 18.0. The Kier molecular flexibility index (Phi) is 3.53. The van der Waals surface area contributed by atoms with Crippen molar-refractivity contribution in [1.82, 2.24) is 0 Å². The summed E-state index contributed by atoms with van der Waals surface area (Å²) in [5.41, 5.74) is 9.94. The van der Waals surface area contributed by atoms with E-state index in [1.54, 1.807) is 16.7 Å². The SMILES string of the molecule is CC(C)(C)c1ccc2c(c1)-c1cccc(C(C)(C)C)c1C21CCCC1. The molecular formula is C25H32. The summed E-state index contributed by atoms with van der Waals surface area (Å²) >= 11 is 0. The summed E-state index contributed by atoms with van der Waals surface area (Å²) in [4.78, 5) is 0. The normalized spacial score (nSPS) is 18.5. The summed E-state index contributed by atoms with van der Waals surface area (Å²) in [6.07, 6.45) is 5.35. The van der Waals surface area contributed by atoms with Crippen LogP contribution in [0.1, 0.15) is 89.5 Å². The molecule has 25 heavy (non-hydrogen) atoms. The lowest BCUT2D eigenvalue weighted by Crippen LogP contribution is -2.26. The average Bonchev–Trinajstić information content (AvgIpc) is 3.11. The van der Waals surface area contributed by atoms with Gasteiger partial charge in [-0.25, -0.2) is 0 Å². The van der Waals surface area contributed by atoms with E-state index in [0.29, 0.717) is 0 Å². The molecule has 0 heteroatoms. The van der Waals surface area contributed by atoms with Gasteiger partial charge in [-0.05, 0) is 57.1 Å². The lowest BCUT2D eigenvalue weighted by atomic mass is 9.70. The third-order valence-corrected chi connectivity index (χ3v) is 6.50. The zero-order valence-electron chi connectivity index (χ0n) is 16.8. The molecule has 1 saturated carbocycles. The van der Waals surface area contributed by atoms with Crippen LogP contribution < -0.4 is 0 Å². The Morgan fingerprint density at radius 2 is 1.44 bits per heavy atom. The summed E-state index contributed by atoms with van der Waals surface area (Å²) in [5.74, 6) is 0. The molecule has 0 aromatic heterocycles. The summed E-state index contributed by atoms with van der Waals surface area (Å²) < 4.78 is 0. The van der Waals surface area contributed by atoms with Crippen molar-refractivity contribution in [3.05, 3.63) is 58.7 Å². The smallest absolute Gasteiger partial charge is 0.0218 e. The van der Waals surface area contributed by atoms with Crippen molar-refractivity contribution in [3.8, 4) is 11.1 Å². The zero-order valence-corrected chi connectivity index (χ0v) is 16.8. The molecule has 0 atom stereocenters. The van der Waals surface area contributed by atoms with Crippen molar-refractivity contribution >= 4 is 0 Å². The Bertz CT molecular complexity index is 818. The second kappa shape index (κ2) is 5.22. The molecule has 0 aliphatic heterocycles. The summed E-state index contributed by atoms with van der Waals surface area (Å²) in [6, 6.07) is 14.4. The van der Waals surface area contributed by atoms with Crippen molar-refractivity contribution in [2.45, 2.75) is 83.5 Å². The predicted octanol–water partition coefficient (Wildman–Crippen LogP) is 7.12. The minimum absolute atomic E-state index is 0.190. The lowest BCUT2D eigenvalue weighted by Gasteiger charge is -2.33. The van der Waals surface area contributed by atoms with Gasteiger partial charge in [0.2, 0.25) is 0 Å². The van der Waals surface area contributed by atoms with E-state index in [1.165, 1.54) is 42.4 Å². The standard InChI is InChI=1S/C25H32/c1-23(2,3)17-12-13-20-19(16-17)18-10-9-11-21(24(4,5)6)22(18)25(20)14-7-8-15-25/h9-13,16H,7-8,14-15H2,1-6H3. The van der Waals surface area contributed by atoms with E-state index in [9.17, 15) is 0 Å². The molecule has 0 heterocycles. The highest BCUT2D eigenvalue weighted by molar-refractivity contribution is 5.83. The third-order valence-electron chi connectivity index (χ3n) is 6.50. The van der Waals surface area contributed by atoms with Gasteiger partial charge >= 0.3 is 0 Å². The van der Waals surface area contributed by atoms with Gasteiger partial charge in [0.1, 0.15) is 0 Å². The van der Waals surface area contributed by atoms with Gasteiger partial charge < -0.3 is 0 Å². The monoisotopic (exact) mass is 332 g/mol. The molecule has 0 saturated heterocycles. The van der Waals surface area contributed by atoms with Gasteiger partial charge in [0.25, 0.3) is 0 Å². The third kappa shape index (κ3) is 2.40. The number of benzene rings is 2. The second-order valence-corrected chi connectivity index (χ2v) is 10.3. The first kappa shape index (κ1) is 16.9. The van der Waals surface area contributed by atoms with E-state index >= 15 is 0 Å². The molecule has 2 aliphatic rings. The number of hydrogen-bond donors (Lipinski definition) is 0. The van der Waals surface area contributed by atoms with Crippen LogP contribution in [0.25, 0.3) is 11.1 Å². The molecule has 2 aromatic rings. The van der Waals surface area contributed by atoms with Crippen LogP contribution in [0.2, 0.25) is 0 Å². The molecule has 0 amide bonds. The maximum absolute atomic E-state index is 2.49. The second-order valence-electron chi connectivity index (χ2n) is 10.3. The minimum atomic E-state index is 0.190. The molecule has 0 bridgehead atoms. The van der Waals surface area contributed by atoms with Crippen molar-refractivity contribution in [3.63, 3.8) is 0 Å². The van der Waals surface area contributed by atoms with E-state index in [4.69, 9.17) is 0 Å². The minimum Gasteiger partial charge on any atom is -0.0613 e. The van der Waals surface area contributed by atoms with Crippen molar-refractivity contribution in [1.29, 1.82) is 0 Å². The molecule has 1 fully saturated rings. The molecule has 0 N–H and O–H groups in total. The van der Waals surface area contributed by atoms with Crippen molar-refractivity contribution in [2.75, 3.05) is 0 Å². The van der Waals surface area contributed by atoms with Crippen LogP contribution in [0.5, 0.6) is 0 Å². The Labute approximate surface area is 153 Å². The molecular weight excluding hydrogens is 300 g/mol. The van der Waals surface area contributed by atoms with Crippen LogP contribution in [-0.2, 0) is 16.2 Å². The molecule has 4 rings (SSSR count). The molecule has 2 aromatic carbocycles. The first-order chi connectivity index (χ1) is 11.6. The fourth-order valence-corrected chi connectivity index (χ4v) is 5.20. The lowest BCUT2D eigenvalue weighted by molar-refractivity contribution is 0.512. The molecule has 0 radical (unpaired) electrons. The molecule has 1 spiro atoms. The summed E-state index contributed by atoms with van der Waals surface area (Å²) in [5, 5.41) is 0. The molecule has 2 aliphatic carbocycles. The van der Waals surface area contributed by atoms with Gasteiger partial charge in [0.05, 0.1) is 0 Å². The van der Waals surface area contributed by atoms with Gasteiger partial charge in [-0.3, -0.25) is 0 Å². The predicted molar refractivity (Wildman–Crippen MR) is 109 cm³/mol. The van der Waals surface area contributed by atoms with E-state index < -0.39 is 0 Å². The number of hydrogen-bond acceptors (Lipinski definition) is 0. The van der Waals surface area contributed by atoms with Crippen LogP contribution in [0.4, 0.5) is 0 Å². The van der Waals surface area contributed by atoms with Crippen LogP contribution >= 0.6 is 0 Å². The van der Waals surface area contributed by atoms with Gasteiger partial charge in [-0.2, -0.15) is 0 Å². The largest absolute Gasteiger partial charge is 0.0613 e. The average molecular weight is 333 g/mol. The first-order valence-electron chi connectivity index (χ1n) is 9.94. The van der Waals surface area contributed by atoms with Gasteiger partial charge in [-0.15, -0.1) is 0 Å². The highest BCUT2D eigenvalue weighted by atomic mass is 14.5. The summed E-state index contributed by atoms with van der Waals surface area (Å²) in [6.45, 7) is 14.1. The highest BCUT2D eigenvalue weighted by Gasteiger charge is 2.47. The Balaban J connectivity index is 2.04. The maximum Gasteiger partial charge on any atom is 0.0218 e. The molecule has 0 unspecified atom stereocenters. The fourth-order valence-electron chi connectivity index (χ4n) is 5.20. The van der Waals surface area contributed by atoms with E-state index in [0.717, 1.165) is 0 Å². The van der Waals surface area contributed by atoms with Gasteiger partial charge in [0.15, 0.2) is 0 Å².